The van der Waals surface area contributed by atoms with Crippen molar-refractivity contribution in [2.45, 2.75) is 13.3 Å². The lowest BCUT2D eigenvalue weighted by atomic mass is 10.1. The van der Waals surface area contributed by atoms with E-state index in [2.05, 4.69) is 26.2 Å². The maximum atomic E-state index is 12.9. The molecule has 0 saturated carbocycles. The molecule has 2 amide bonds. The van der Waals surface area contributed by atoms with E-state index in [1.165, 1.54) is 6.26 Å². The van der Waals surface area contributed by atoms with Gasteiger partial charge >= 0.3 is 5.97 Å². The topological polar surface area (TPSA) is 98.0 Å². The predicted molar refractivity (Wildman–Crippen MR) is 119 cm³/mol. The van der Waals surface area contributed by atoms with E-state index < -0.39 is 17.8 Å². The molecule has 7 nitrogen and oxygen atoms in total. The standard InChI is InChI=1S/C23H19BrN2O5/c1-2-30-23(29)15-8-10-18(11-9-15)25-22(28)20(14-19-7-4-12-31-19)26-21(27)16-5-3-6-17(24)13-16/h3-13H,2,14H2,1H3,(H,25,28). The van der Waals surface area contributed by atoms with Crippen molar-refractivity contribution < 1.29 is 23.5 Å². The number of hydrogen-bond donors (Lipinski definition) is 1. The van der Waals surface area contributed by atoms with Crippen LogP contribution in [0.1, 0.15) is 33.4 Å². The van der Waals surface area contributed by atoms with E-state index in [1.807, 2.05) is 0 Å². The van der Waals surface area contributed by atoms with Gasteiger partial charge in [0.15, 0.2) is 0 Å². The average Bonchev–Trinajstić information content (AvgIpc) is 3.27. The Morgan fingerprint density at radius 3 is 2.45 bits per heavy atom. The lowest BCUT2D eigenvalue weighted by molar-refractivity contribution is -0.110. The molecular weight excluding hydrogens is 464 g/mol. The highest BCUT2D eigenvalue weighted by Crippen LogP contribution is 2.15. The van der Waals surface area contributed by atoms with Gasteiger partial charge in [0.1, 0.15) is 11.5 Å². The molecule has 2 aromatic carbocycles. The summed E-state index contributed by atoms with van der Waals surface area (Å²) in [6.07, 6.45) is 1.52. The van der Waals surface area contributed by atoms with Crippen LogP contribution in [-0.4, -0.2) is 30.1 Å². The summed E-state index contributed by atoms with van der Waals surface area (Å²) in [5.41, 5.74) is 1.15. The first-order valence-electron chi connectivity index (χ1n) is 9.44. The highest BCUT2D eigenvalue weighted by Gasteiger charge is 2.17. The summed E-state index contributed by atoms with van der Waals surface area (Å²) in [5, 5.41) is 2.70. The molecule has 0 aliphatic heterocycles. The molecule has 1 aromatic heterocycles. The summed E-state index contributed by atoms with van der Waals surface area (Å²) in [4.78, 5) is 41.3. The second kappa shape index (κ2) is 10.5. The highest BCUT2D eigenvalue weighted by molar-refractivity contribution is 9.10. The molecule has 1 heterocycles. The van der Waals surface area contributed by atoms with Crippen LogP contribution >= 0.6 is 15.9 Å². The van der Waals surface area contributed by atoms with Gasteiger partial charge in [-0.05, 0) is 61.5 Å². The molecule has 0 radical (unpaired) electrons. The zero-order valence-electron chi connectivity index (χ0n) is 16.6. The molecule has 0 saturated heterocycles. The molecule has 0 bridgehead atoms. The van der Waals surface area contributed by atoms with E-state index in [1.54, 1.807) is 67.6 Å². The monoisotopic (exact) mass is 482 g/mol. The van der Waals surface area contributed by atoms with Crippen LogP contribution in [0, 0.1) is 0 Å². The third-order valence-electron chi connectivity index (χ3n) is 4.15. The van der Waals surface area contributed by atoms with E-state index in [4.69, 9.17) is 9.15 Å². The quantitative estimate of drug-likeness (QED) is 0.389. The molecule has 8 heteroatoms. The van der Waals surface area contributed by atoms with E-state index in [-0.39, 0.29) is 18.7 Å². The third kappa shape index (κ3) is 6.23. The number of carbonyl (C=O) groups excluding carboxylic acids is 3. The first-order valence-corrected chi connectivity index (χ1v) is 10.2. The van der Waals surface area contributed by atoms with E-state index >= 15 is 0 Å². The number of rotatable bonds is 7. The van der Waals surface area contributed by atoms with Crippen LogP contribution in [0.4, 0.5) is 5.69 Å². The number of ether oxygens (including phenoxy) is 1. The average molecular weight is 483 g/mol. The summed E-state index contributed by atoms with van der Waals surface area (Å²) in [6.45, 7) is 2.00. The number of anilines is 1. The predicted octanol–water partition coefficient (Wildman–Crippen LogP) is 4.68. The zero-order chi connectivity index (χ0) is 22.2. The Kier molecular flexibility index (Phi) is 7.50. The Balaban J connectivity index is 1.81. The van der Waals surface area contributed by atoms with Crippen molar-refractivity contribution in [3.8, 4) is 0 Å². The number of amides is 2. The van der Waals surface area contributed by atoms with Gasteiger partial charge in [0, 0.05) is 15.7 Å². The number of esters is 1. The van der Waals surface area contributed by atoms with Crippen molar-refractivity contribution >= 4 is 45.1 Å². The van der Waals surface area contributed by atoms with Crippen LogP contribution in [0.3, 0.4) is 0 Å². The van der Waals surface area contributed by atoms with Crippen molar-refractivity contribution in [2.24, 2.45) is 4.99 Å². The molecule has 1 N–H and O–H groups in total. The van der Waals surface area contributed by atoms with Gasteiger partial charge in [0.2, 0.25) is 0 Å². The van der Waals surface area contributed by atoms with E-state index in [0.29, 0.717) is 22.6 Å². The maximum absolute atomic E-state index is 12.9. The minimum absolute atomic E-state index is 0.00519. The molecule has 0 unspecified atom stereocenters. The van der Waals surface area contributed by atoms with Crippen molar-refractivity contribution in [1.82, 2.24) is 0 Å². The fraction of sp³-hybridized carbons (Fsp3) is 0.130. The lowest BCUT2D eigenvalue weighted by Gasteiger charge is -2.08. The van der Waals surface area contributed by atoms with Crippen LogP contribution in [0.5, 0.6) is 0 Å². The molecular formula is C23H19BrN2O5. The number of aliphatic imine (C=N–C) groups is 1. The van der Waals surface area contributed by atoms with Crippen LogP contribution in [-0.2, 0) is 16.0 Å². The third-order valence-corrected chi connectivity index (χ3v) is 4.64. The zero-order valence-corrected chi connectivity index (χ0v) is 18.2. The number of furan rings is 1. The molecule has 0 aliphatic rings. The molecule has 0 aliphatic carbocycles. The van der Waals surface area contributed by atoms with Crippen molar-refractivity contribution in [3.63, 3.8) is 0 Å². The van der Waals surface area contributed by atoms with Gasteiger partial charge in [-0.1, -0.05) is 22.0 Å². The fourth-order valence-electron chi connectivity index (χ4n) is 2.66. The van der Waals surface area contributed by atoms with Gasteiger partial charge < -0.3 is 14.5 Å². The SMILES string of the molecule is CCOC(=O)c1ccc(NC(=O)C(Cc2ccco2)=NC(=O)c2cccc(Br)c2)cc1. The van der Waals surface area contributed by atoms with Gasteiger partial charge in [-0.25, -0.2) is 9.79 Å². The van der Waals surface area contributed by atoms with Crippen molar-refractivity contribution in [1.29, 1.82) is 0 Å². The number of nitrogens with one attached hydrogen (secondary N) is 1. The smallest absolute Gasteiger partial charge is 0.338 e. The van der Waals surface area contributed by atoms with Crippen LogP contribution in [0.15, 0.2) is 80.8 Å². The summed E-state index contributed by atoms with van der Waals surface area (Å²) < 4.78 is 11.0. The van der Waals surface area contributed by atoms with Gasteiger partial charge in [0.05, 0.1) is 24.9 Å². The van der Waals surface area contributed by atoms with Crippen LogP contribution in [0.2, 0.25) is 0 Å². The molecule has 0 spiro atoms. The summed E-state index contributed by atoms with van der Waals surface area (Å²) in [7, 11) is 0. The number of hydrogen-bond acceptors (Lipinski definition) is 5. The Morgan fingerprint density at radius 1 is 1.03 bits per heavy atom. The Hall–Kier alpha value is -3.52. The molecule has 0 fully saturated rings. The largest absolute Gasteiger partial charge is 0.469 e. The number of nitrogens with zero attached hydrogens (tertiary/aromatic N) is 1. The molecule has 158 valence electrons. The first-order chi connectivity index (χ1) is 15.0. The lowest BCUT2D eigenvalue weighted by Crippen LogP contribution is -2.26. The summed E-state index contributed by atoms with van der Waals surface area (Å²) in [6, 6.07) is 16.4. The summed E-state index contributed by atoms with van der Waals surface area (Å²) in [5.74, 6) is -1.05. The first kappa shape index (κ1) is 22.2. The van der Waals surface area contributed by atoms with Crippen molar-refractivity contribution in [3.05, 3.63) is 88.3 Å². The molecule has 3 rings (SSSR count). The molecule has 3 aromatic rings. The van der Waals surface area contributed by atoms with Crippen LogP contribution < -0.4 is 5.32 Å². The van der Waals surface area contributed by atoms with Gasteiger partial charge in [0.25, 0.3) is 11.8 Å². The Morgan fingerprint density at radius 2 is 1.81 bits per heavy atom. The highest BCUT2D eigenvalue weighted by atomic mass is 79.9. The van der Waals surface area contributed by atoms with Crippen molar-refractivity contribution in [2.75, 3.05) is 11.9 Å². The van der Waals surface area contributed by atoms with Gasteiger partial charge in [-0.3, -0.25) is 9.59 Å². The summed E-state index contributed by atoms with van der Waals surface area (Å²) >= 11 is 3.32. The number of benzene rings is 2. The second-order valence-electron chi connectivity index (χ2n) is 6.38. The maximum Gasteiger partial charge on any atom is 0.338 e. The van der Waals surface area contributed by atoms with E-state index in [0.717, 1.165) is 4.47 Å². The van der Waals surface area contributed by atoms with Crippen LogP contribution in [0.25, 0.3) is 0 Å². The minimum atomic E-state index is -0.552. The Bertz CT molecular complexity index is 1110. The minimum Gasteiger partial charge on any atom is -0.469 e. The van der Waals surface area contributed by atoms with E-state index in [9.17, 15) is 14.4 Å². The normalized spacial score (nSPS) is 11.1. The Labute approximate surface area is 187 Å². The fourth-order valence-corrected chi connectivity index (χ4v) is 3.06. The second-order valence-corrected chi connectivity index (χ2v) is 7.30. The molecule has 31 heavy (non-hydrogen) atoms. The van der Waals surface area contributed by atoms with Gasteiger partial charge in [-0.15, -0.1) is 0 Å². The van der Waals surface area contributed by atoms with Gasteiger partial charge in [-0.2, -0.15) is 0 Å². The number of halogens is 1. The molecule has 0 atom stereocenters. The number of carbonyl (C=O) groups is 3.